The summed E-state index contributed by atoms with van der Waals surface area (Å²) in [5, 5.41) is 20.8. The summed E-state index contributed by atoms with van der Waals surface area (Å²) in [4.78, 5) is 3.68. The number of nitrogens with zero attached hydrogens (tertiary/aromatic N) is 5. The first-order valence-corrected chi connectivity index (χ1v) is 3.57. The fourth-order valence-electron chi connectivity index (χ4n) is 0.794. The summed E-state index contributed by atoms with van der Waals surface area (Å²) in [6.07, 6.45) is 1.38. The molecule has 0 fully saturated rings. The van der Waals surface area contributed by atoms with Gasteiger partial charge < -0.3 is 5.73 Å². The van der Waals surface area contributed by atoms with E-state index in [1.165, 1.54) is 11.0 Å². The van der Waals surface area contributed by atoms with Crippen LogP contribution in [0.15, 0.2) is 6.33 Å². The second-order valence-corrected chi connectivity index (χ2v) is 2.91. The van der Waals surface area contributed by atoms with Crippen LogP contribution in [-0.4, -0.2) is 20.3 Å². The lowest BCUT2D eigenvalue weighted by Gasteiger charge is -2.13. The third-order valence-corrected chi connectivity index (χ3v) is 1.38. The number of aromatic nitrogens is 3. The Hall–Kier alpha value is -1.92. The topological polar surface area (TPSA) is 104 Å². The monoisotopic (exact) mass is 176 g/mol. The minimum Gasteiger partial charge on any atom is -0.312 e. The van der Waals surface area contributed by atoms with Crippen LogP contribution in [-0.2, 0) is 6.54 Å². The van der Waals surface area contributed by atoms with Gasteiger partial charge in [0.2, 0.25) is 0 Å². The van der Waals surface area contributed by atoms with Crippen molar-refractivity contribution < 1.29 is 0 Å². The molecule has 1 rings (SSSR count). The second-order valence-electron chi connectivity index (χ2n) is 2.91. The van der Waals surface area contributed by atoms with E-state index in [0.717, 1.165) is 0 Å². The summed E-state index contributed by atoms with van der Waals surface area (Å²) in [6.45, 7) is 1.80. The highest BCUT2D eigenvalue weighted by molar-refractivity contribution is 5.06. The molecule has 0 bridgehead atoms. The molecule has 1 unspecified atom stereocenters. The molecule has 0 radical (unpaired) electrons. The quantitative estimate of drug-likeness (QED) is 0.647. The highest BCUT2D eigenvalue weighted by Crippen LogP contribution is 2.00. The third kappa shape index (κ3) is 2.26. The van der Waals surface area contributed by atoms with E-state index in [1.807, 2.05) is 6.07 Å². The zero-order valence-corrected chi connectivity index (χ0v) is 7.10. The van der Waals surface area contributed by atoms with Crippen LogP contribution in [0.25, 0.3) is 0 Å². The van der Waals surface area contributed by atoms with Crippen LogP contribution in [0.2, 0.25) is 0 Å². The van der Waals surface area contributed by atoms with Gasteiger partial charge in [0.05, 0.1) is 12.6 Å². The average molecular weight is 176 g/mol. The van der Waals surface area contributed by atoms with Crippen molar-refractivity contribution in [3.8, 4) is 12.1 Å². The van der Waals surface area contributed by atoms with Crippen LogP contribution < -0.4 is 5.73 Å². The molecule has 1 atom stereocenters. The Bertz CT molecular complexity index is 376. The molecule has 0 amide bonds. The summed E-state index contributed by atoms with van der Waals surface area (Å²) in [6, 6.07) is 3.71. The van der Waals surface area contributed by atoms with Gasteiger partial charge in [-0.05, 0) is 6.92 Å². The minimum absolute atomic E-state index is 0.0775. The van der Waals surface area contributed by atoms with Crippen LogP contribution in [0.5, 0.6) is 0 Å². The highest BCUT2D eigenvalue weighted by atomic mass is 15.3. The Morgan fingerprint density at radius 1 is 1.69 bits per heavy atom. The molecular formula is C7H8N6. The van der Waals surface area contributed by atoms with Gasteiger partial charge >= 0.3 is 0 Å². The number of nitriles is 2. The van der Waals surface area contributed by atoms with E-state index >= 15 is 0 Å². The third-order valence-electron chi connectivity index (χ3n) is 1.38. The van der Waals surface area contributed by atoms with Crippen molar-refractivity contribution in [3.63, 3.8) is 0 Å². The van der Waals surface area contributed by atoms with E-state index in [2.05, 4.69) is 10.1 Å². The number of hydrogen-bond donors (Lipinski definition) is 1. The van der Waals surface area contributed by atoms with Gasteiger partial charge in [0.15, 0.2) is 0 Å². The molecule has 0 saturated heterocycles. The first kappa shape index (κ1) is 9.17. The maximum Gasteiger partial charge on any atom is 0.252 e. The van der Waals surface area contributed by atoms with Crippen LogP contribution in [0.1, 0.15) is 12.7 Å². The van der Waals surface area contributed by atoms with Gasteiger partial charge in [-0.3, -0.25) is 0 Å². The molecule has 2 N–H and O–H groups in total. The standard InChI is InChI=1S/C7H8N6/c1-7(10,3-9)4-13-5-11-6(2-8)12-13/h5H,4,10H2,1H3. The largest absolute Gasteiger partial charge is 0.312 e. The van der Waals surface area contributed by atoms with Gasteiger partial charge in [-0.25, -0.2) is 9.67 Å². The lowest BCUT2D eigenvalue weighted by molar-refractivity contribution is 0.458. The molecular weight excluding hydrogens is 168 g/mol. The van der Waals surface area contributed by atoms with Gasteiger partial charge in [0.1, 0.15) is 17.9 Å². The number of rotatable bonds is 2. The van der Waals surface area contributed by atoms with Crippen molar-refractivity contribution in [3.05, 3.63) is 12.2 Å². The average Bonchev–Trinajstić information content (AvgIpc) is 2.52. The van der Waals surface area contributed by atoms with E-state index in [-0.39, 0.29) is 12.4 Å². The van der Waals surface area contributed by atoms with Gasteiger partial charge in [0, 0.05) is 0 Å². The minimum atomic E-state index is -0.986. The Labute approximate surface area is 75.2 Å². The normalized spacial score (nSPS) is 14.2. The predicted octanol–water partition coefficient (Wildman–Crippen LogP) is -0.609. The van der Waals surface area contributed by atoms with E-state index in [1.54, 1.807) is 13.0 Å². The van der Waals surface area contributed by atoms with Crippen molar-refractivity contribution >= 4 is 0 Å². The van der Waals surface area contributed by atoms with E-state index in [0.29, 0.717) is 0 Å². The molecule has 1 heterocycles. The Balaban J connectivity index is 2.78. The van der Waals surface area contributed by atoms with Crippen LogP contribution in [0.4, 0.5) is 0 Å². The lowest BCUT2D eigenvalue weighted by Crippen LogP contribution is -2.39. The van der Waals surface area contributed by atoms with E-state index in [4.69, 9.17) is 16.3 Å². The van der Waals surface area contributed by atoms with Crippen molar-refractivity contribution in [1.82, 2.24) is 14.8 Å². The van der Waals surface area contributed by atoms with Crippen molar-refractivity contribution in [2.45, 2.75) is 19.0 Å². The Morgan fingerprint density at radius 2 is 2.38 bits per heavy atom. The molecule has 13 heavy (non-hydrogen) atoms. The molecule has 0 saturated carbocycles. The van der Waals surface area contributed by atoms with Crippen LogP contribution in [0, 0.1) is 22.7 Å². The van der Waals surface area contributed by atoms with Crippen LogP contribution in [0.3, 0.4) is 0 Å². The van der Waals surface area contributed by atoms with Crippen molar-refractivity contribution in [2.75, 3.05) is 0 Å². The Kier molecular flexibility index (Phi) is 2.27. The second kappa shape index (κ2) is 3.21. The van der Waals surface area contributed by atoms with Crippen LogP contribution >= 0.6 is 0 Å². The molecule has 6 heteroatoms. The molecule has 1 aromatic rings. The highest BCUT2D eigenvalue weighted by Gasteiger charge is 2.18. The first-order valence-electron chi connectivity index (χ1n) is 3.57. The fraction of sp³-hybridized carbons (Fsp3) is 0.429. The van der Waals surface area contributed by atoms with E-state index in [9.17, 15) is 0 Å². The van der Waals surface area contributed by atoms with Crippen molar-refractivity contribution in [1.29, 1.82) is 10.5 Å². The molecule has 0 aliphatic rings. The summed E-state index contributed by atoms with van der Waals surface area (Å²) in [5.74, 6) is 0.0775. The van der Waals surface area contributed by atoms with Gasteiger partial charge in [-0.15, -0.1) is 5.10 Å². The smallest absolute Gasteiger partial charge is 0.252 e. The van der Waals surface area contributed by atoms with Gasteiger partial charge in [-0.1, -0.05) is 0 Å². The molecule has 0 aromatic carbocycles. The number of nitrogens with two attached hydrogens (primary N) is 1. The molecule has 0 spiro atoms. The van der Waals surface area contributed by atoms with Gasteiger partial charge in [-0.2, -0.15) is 10.5 Å². The summed E-state index contributed by atoms with van der Waals surface area (Å²) < 4.78 is 1.38. The first-order chi connectivity index (χ1) is 6.07. The zero-order valence-electron chi connectivity index (χ0n) is 7.10. The summed E-state index contributed by atoms with van der Waals surface area (Å²) in [7, 11) is 0. The molecule has 66 valence electrons. The maximum absolute atomic E-state index is 8.62. The molecule has 0 aliphatic carbocycles. The molecule has 0 aliphatic heterocycles. The zero-order chi connectivity index (χ0) is 9.90. The number of hydrogen-bond acceptors (Lipinski definition) is 5. The summed E-state index contributed by atoms with van der Waals surface area (Å²) in [5.41, 5.74) is 4.58. The Morgan fingerprint density at radius 3 is 2.85 bits per heavy atom. The molecule has 1 aromatic heterocycles. The lowest BCUT2D eigenvalue weighted by atomic mass is 10.1. The predicted molar refractivity (Wildman–Crippen MR) is 42.9 cm³/mol. The SMILES string of the molecule is CC(N)(C#N)Cn1cnc(C#N)n1. The van der Waals surface area contributed by atoms with E-state index < -0.39 is 5.54 Å². The molecule has 6 nitrogen and oxygen atoms in total. The van der Waals surface area contributed by atoms with Crippen molar-refractivity contribution in [2.24, 2.45) is 5.73 Å². The summed E-state index contributed by atoms with van der Waals surface area (Å²) >= 11 is 0. The fourth-order valence-corrected chi connectivity index (χ4v) is 0.794. The maximum atomic E-state index is 8.62. The van der Waals surface area contributed by atoms with Gasteiger partial charge in [0.25, 0.3) is 5.82 Å².